The van der Waals surface area contributed by atoms with Crippen LogP contribution in [0.1, 0.15) is 89.9 Å². The van der Waals surface area contributed by atoms with Gasteiger partial charge in [-0.1, -0.05) is 94.3 Å². The van der Waals surface area contributed by atoms with E-state index in [4.69, 9.17) is 0 Å². The van der Waals surface area contributed by atoms with Gasteiger partial charge < -0.3 is 10.6 Å². The molecule has 0 aromatic heterocycles. The van der Waals surface area contributed by atoms with Crippen molar-refractivity contribution in [2.75, 3.05) is 10.6 Å². The van der Waals surface area contributed by atoms with Gasteiger partial charge in [0.2, 0.25) is 0 Å². The zero-order chi connectivity index (χ0) is 29.3. The van der Waals surface area contributed by atoms with Crippen molar-refractivity contribution in [2.45, 2.75) is 66.2 Å². The lowest BCUT2D eigenvalue weighted by atomic mass is 9.82. The van der Waals surface area contributed by atoms with Crippen LogP contribution in [0.5, 0.6) is 0 Å². The van der Waals surface area contributed by atoms with E-state index in [0.717, 1.165) is 28.9 Å². The van der Waals surface area contributed by atoms with Crippen LogP contribution >= 0.6 is 0 Å². The van der Waals surface area contributed by atoms with Crippen molar-refractivity contribution < 1.29 is 9.59 Å². The minimum atomic E-state index is -0.0719. The van der Waals surface area contributed by atoms with Crippen molar-refractivity contribution in [3.8, 4) is 0 Å². The van der Waals surface area contributed by atoms with Crippen LogP contribution in [0, 0.1) is 13.8 Å². The Bertz CT molecular complexity index is 1380. The summed E-state index contributed by atoms with van der Waals surface area (Å²) in [5, 5.41) is 5.84. The summed E-state index contributed by atoms with van der Waals surface area (Å²) in [7, 11) is 0. The van der Waals surface area contributed by atoms with Gasteiger partial charge in [-0.15, -0.1) is 0 Å². The highest BCUT2D eigenvalue weighted by atomic mass is 16.2. The molecule has 0 atom stereocenters. The molecule has 4 aromatic rings. The number of benzene rings is 4. The van der Waals surface area contributed by atoms with E-state index in [1.807, 2.05) is 86.6 Å². The molecule has 0 saturated heterocycles. The Balaban J connectivity index is 0.000000222. The molecule has 0 heterocycles. The molecule has 208 valence electrons. The normalized spacial score (nSPS) is 10.9. The van der Waals surface area contributed by atoms with Gasteiger partial charge in [-0.2, -0.15) is 0 Å². The van der Waals surface area contributed by atoms with Crippen molar-refractivity contribution in [2.24, 2.45) is 0 Å². The molecule has 4 aromatic carbocycles. The van der Waals surface area contributed by atoms with Crippen molar-refractivity contribution in [3.05, 3.63) is 130 Å². The second-order valence-corrected chi connectivity index (χ2v) is 11.2. The molecule has 4 rings (SSSR count). The van der Waals surface area contributed by atoms with Gasteiger partial charge in [0, 0.05) is 22.5 Å². The van der Waals surface area contributed by atoms with Crippen molar-refractivity contribution in [1.82, 2.24) is 0 Å². The molecule has 4 heteroatoms. The number of carbonyl (C=O) groups excluding carboxylic acids is 2. The Morgan fingerprint density at radius 1 is 0.625 bits per heavy atom. The first-order valence-corrected chi connectivity index (χ1v) is 13.9. The molecular formula is C36H42N2O2. The molecule has 4 nitrogen and oxygen atoms in total. The smallest absolute Gasteiger partial charge is 0.255 e. The summed E-state index contributed by atoms with van der Waals surface area (Å²) in [5.74, 6) is 0.358. The zero-order valence-electron chi connectivity index (χ0n) is 24.8. The number of nitrogens with one attached hydrogen (secondary N) is 2. The Hall–Kier alpha value is -4.18. The monoisotopic (exact) mass is 534 g/mol. The number of hydrogen-bond donors (Lipinski definition) is 2. The zero-order valence-corrected chi connectivity index (χ0v) is 24.8. The van der Waals surface area contributed by atoms with E-state index in [-0.39, 0.29) is 17.2 Å². The molecule has 40 heavy (non-hydrogen) atoms. The van der Waals surface area contributed by atoms with Crippen molar-refractivity contribution in [3.63, 3.8) is 0 Å². The van der Waals surface area contributed by atoms with Crippen LogP contribution in [0.3, 0.4) is 0 Å². The van der Waals surface area contributed by atoms with Gasteiger partial charge in [0.05, 0.1) is 0 Å². The van der Waals surface area contributed by atoms with Crippen LogP contribution in [-0.4, -0.2) is 11.8 Å². The molecule has 2 amide bonds. The lowest BCUT2D eigenvalue weighted by molar-refractivity contribution is 0.101. The van der Waals surface area contributed by atoms with E-state index in [2.05, 4.69) is 69.5 Å². The number of carbonyl (C=O) groups is 2. The van der Waals surface area contributed by atoms with Crippen LogP contribution in [0.25, 0.3) is 0 Å². The van der Waals surface area contributed by atoms with Gasteiger partial charge in [-0.3, -0.25) is 9.59 Å². The third-order valence-electron chi connectivity index (χ3n) is 7.27. The van der Waals surface area contributed by atoms with Gasteiger partial charge >= 0.3 is 0 Å². The number of amides is 2. The third-order valence-corrected chi connectivity index (χ3v) is 7.27. The molecule has 0 bridgehead atoms. The Morgan fingerprint density at radius 3 is 1.35 bits per heavy atom. The maximum atomic E-state index is 12.2. The molecule has 0 aliphatic carbocycles. The van der Waals surface area contributed by atoms with Gasteiger partial charge in [0.25, 0.3) is 11.8 Å². The average Bonchev–Trinajstić information content (AvgIpc) is 2.94. The van der Waals surface area contributed by atoms with Gasteiger partial charge in [-0.25, -0.2) is 0 Å². The Morgan fingerprint density at radius 2 is 1.00 bits per heavy atom. The second-order valence-electron chi connectivity index (χ2n) is 11.2. The summed E-state index contributed by atoms with van der Waals surface area (Å²) in [4.78, 5) is 24.2. The van der Waals surface area contributed by atoms with E-state index in [1.165, 1.54) is 11.1 Å². The molecule has 2 N–H and O–H groups in total. The van der Waals surface area contributed by atoms with Crippen LogP contribution in [0.4, 0.5) is 11.4 Å². The number of hydrogen-bond acceptors (Lipinski definition) is 2. The summed E-state index contributed by atoms with van der Waals surface area (Å²) in [6.07, 6.45) is 1.09. The Kier molecular flexibility index (Phi) is 10.4. The minimum Gasteiger partial charge on any atom is -0.322 e. The fourth-order valence-electron chi connectivity index (χ4n) is 3.98. The van der Waals surface area contributed by atoms with E-state index in [1.54, 1.807) is 0 Å². The minimum absolute atomic E-state index is 0.0718. The fraction of sp³-hybridized carbons (Fsp3) is 0.278. The molecule has 0 saturated carbocycles. The van der Waals surface area contributed by atoms with Crippen LogP contribution in [0.2, 0.25) is 0 Å². The SMILES string of the molecule is CCC(C)(C)c1ccc(NC(=O)c2ccc(C)cc2)cc1.Cc1ccc(C(=O)Nc2ccc(C(C)C)cc2)cc1. The fourth-order valence-corrected chi connectivity index (χ4v) is 3.98. The maximum Gasteiger partial charge on any atom is 0.255 e. The molecular weight excluding hydrogens is 492 g/mol. The van der Waals surface area contributed by atoms with Crippen molar-refractivity contribution in [1.29, 1.82) is 0 Å². The summed E-state index contributed by atoms with van der Waals surface area (Å²) in [5.41, 5.74) is 8.05. The lowest BCUT2D eigenvalue weighted by Gasteiger charge is -2.23. The maximum absolute atomic E-state index is 12.2. The summed E-state index contributed by atoms with van der Waals surface area (Å²) in [6.45, 7) is 15.0. The third kappa shape index (κ3) is 8.67. The molecule has 0 aliphatic rings. The van der Waals surface area contributed by atoms with Crippen molar-refractivity contribution >= 4 is 23.2 Å². The summed E-state index contributed by atoms with van der Waals surface area (Å²) < 4.78 is 0. The van der Waals surface area contributed by atoms with E-state index in [9.17, 15) is 9.59 Å². The van der Waals surface area contributed by atoms with Gasteiger partial charge in [0.1, 0.15) is 0 Å². The first-order valence-electron chi connectivity index (χ1n) is 13.9. The van der Waals surface area contributed by atoms with Crippen LogP contribution < -0.4 is 10.6 Å². The van der Waals surface area contributed by atoms with Crippen LogP contribution in [0.15, 0.2) is 97.1 Å². The predicted octanol–water partition coefficient (Wildman–Crippen LogP) is 9.31. The van der Waals surface area contributed by atoms with E-state index < -0.39 is 0 Å². The standard InChI is InChI=1S/C19H23NO.C17H19NO/c1-5-19(3,4)16-10-12-17(13-11-16)20-18(21)15-8-6-14(2)7-9-15;1-12(2)14-8-10-16(11-9-14)18-17(19)15-6-4-13(3)5-7-15/h6-13H,5H2,1-4H3,(H,20,21);4-12H,1-3H3,(H,18,19). The first kappa shape index (κ1) is 30.4. The first-order chi connectivity index (χ1) is 19.0. The molecule has 0 radical (unpaired) electrons. The number of rotatable bonds is 7. The quantitative estimate of drug-likeness (QED) is 0.248. The van der Waals surface area contributed by atoms with E-state index >= 15 is 0 Å². The average molecular weight is 535 g/mol. The van der Waals surface area contributed by atoms with Gasteiger partial charge in [0.15, 0.2) is 0 Å². The molecule has 0 aliphatic heterocycles. The largest absolute Gasteiger partial charge is 0.322 e. The summed E-state index contributed by atoms with van der Waals surface area (Å²) >= 11 is 0. The lowest BCUT2D eigenvalue weighted by Crippen LogP contribution is -2.16. The highest BCUT2D eigenvalue weighted by molar-refractivity contribution is 6.04. The highest BCUT2D eigenvalue weighted by Crippen LogP contribution is 2.27. The molecule has 0 spiro atoms. The molecule has 0 unspecified atom stereocenters. The van der Waals surface area contributed by atoms with E-state index in [0.29, 0.717) is 17.0 Å². The number of anilines is 2. The molecule has 0 fully saturated rings. The Labute approximate surface area is 239 Å². The highest BCUT2D eigenvalue weighted by Gasteiger charge is 2.17. The predicted molar refractivity (Wildman–Crippen MR) is 169 cm³/mol. The second kappa shape index (κ2) is 13.7. The number of aryl methyl sites for hydroxylation is 2. The topological polar surface area (TPSA) is 58.2 Å². The van der Waals surface area contributed by atoms with Gasteiger partial charge in [-0.05, 0) is 91.3 Å². The summed E-state index contributed by atoms with van der Waals surface area (Å²) in [6, 6.07) is 31.3. The van der Waals surface area contributed by atoms with Crippen LogP contribution in [-0.2, 0) is 5.41 Å².